The molecule has 1 aromatic carbocycles. The number of aromatic nitrogens is 1. The third-order valence-electron chi connectivity index (χ3n) is 3.67. The topological polar surface area (TPSA) is 62.5 Å². The Morgan fingerprint density at radius 2 is 1.95 bits per heavy atom. The Bertz CT molecular complexity index is 690. The molecule has 0 saturated heterocycles. The summed E-state index contributed by atoms with van der Waals surface area (Å²) >= 11 is 0. The smallest absolute Gasteiger partial charge is 0.312 e. The fraction of sp³-hybridized carbons (Fsp3) is 0.200. The molecule has 0 bridgehead atoms. The number of anilines is 1. The maximum Gasteiger partial charge on any atom is 0.312 e. The Morgan fingerprint density at radius 1 is 1.20 bits per heavy atom. The van der Waals surface area contributed by atoms with Crippen molar-refractivity contribution in [3.8, 4) is 0 Å². The molecule has 1 aromatic heterocycles. The number of aliphatic carboxylic acids is 1. The lowest BCUT2D eigenvalue weighted by molar-refractivity contribution is -0.138. The first-order valence-electron chi connectivity index (χ1n) is 6.34. The first-order chi connectivity index (χ1) is 9.59. The van der Waals surface area contributed by atoms with Crippen molar-refractivity contribution in [2.75, 3.05) is 11.4 Å². The quantitative estimate of drug-likeness (QED) is 0.906. The van der Waals surface area contributed by atoms with Gasteiger partial charge in [0.05, 0.1) is 0 Å². The van der Waals surface area contributed by atoms with Crippen LogP contribution in [0, 0.1) is 0 Å². The van der Waals surface area contributed by atoms with Crippen molar-refractivity contribution in [2.45, 2.75) is 5.92 Å². The molecule has 102 valence electrons. The van der Waals surface area contributed by atoms with E-state index in [0.717, 1.165) is 0 Å². The number of benzene rings is 1. The van der Waals surface area contributed by atoms with Gasteiger partial charge in [-0.05, 0) is 23.8 Å². The summed E-state index contributed by atoms with van der Waals surface area (Å²) in [6.45, 7) is 0.179. The largest absolute Gasteiger partial charge is 0.481 e. The number of nitrogens with zero attached hydrogens (tertiary/aromatic N) is 2. The SMILES string of the molecule is Cn1cccc1C(=O)N1CC(C(=O)O)c2ccccc21. The molecule has 0 saturated carbocycles. The molecule has 1 atom stereocenters. The number of carbonyl (C=O) groups excluding carboxylic acids is 1. The Labute approximate surface area is 116 Å². The summed E-state index contributed by atoms with van der Waals surface area (Å²) in [5.41, 5.74) is 1.93. The molecule has 1 aliphatic rings. The van der Waals surface area contributed by atoms with E-state index in [1.165, 1.54) is 0 Å². The number of rotatable bonds is 2. The average molecular weight is 270 g/mol. The van der Waals surface area contributed by atoms with Crippen LogP contribution in [0.4, 0.5) is 5.69 Å². The third kappa shape index (κ3) is 1.79. The lowest BCUT2D eigenvalue weighted by Gasteiger charge is -2.17. The number of carboxylic acids is 1. The molecule has 1 unspecified atom stereocenters. The number of hydrogen-bond donors (Lipinski definition) is 1. The molecule has 0 spiro atoms. The molecule has 20 heavy (non-hydrogen) atoms. The van der Waals surface area contributed by atoms with Gasteiger partial charge in [-0.2, -0.15) is 0 Å². The van der Waals surface area contributed by atoms with E-state index < -0.39 is 11.9 Å². The highest BCUT2D eigenvalue weighted by Crippen LogP contribution is 2.37. The van der Waals surface area contributed by atoms with Gasteiger partial charge in [0, 0.05) is 25.5 Å². The third-order valence-corrected chi connectivity index (χ3v) is 3.67. The van der Waals surface area contributed by atoms with E-state index in [-0.39, 0.29) is 12.5 Å². The van der Waals surface area contributed by atoms with Gasteiger partial charge in [-0.3, -0.25) is 9.59 Å². The van der Waals surface area contributed by atoms with Crippen LogP contribution in [0.3, 0.4) is 0 Å². The van der Waals surface area contributed by atoms with E-state index in [1.54, 1.807) is 53.0 Å². The molecule has 0 fully saturated rings. The number of aryl methyl sites for hydroxylation is 1. The molecule has 5 nitrogen and oxygen atoms in total. The predicted octanol–water partition coefficient (Wildman–Crippen LogP) is 1.85. The fourth-order valence-electron chi connectivity index (χ4n) is 2.63. The summed E-state index contributed by atoms with van der Waals surface area (Å²) in [4.78, 5) is 25.5. The van der Waals surface area contributed by atoms with Gasteiger partial charge in [-0.25, -0.2) is 0 Å². The van der Waals surface area contributed by atoms with Crippen LogP contribution in [0.5, 0.6) is 0 Å². The van der Waals surface area contributed by atoms with Gasteiger partial charge in [0.15, 0.2) is 0 Å². The van der Waals surface area contributed by atoms with Gasteiger partial charge in [0.2, 0.25) is 0 Å². The van der Waals surface area contributed by atoms with Crippen LogP contribution in [-0.2, 0) is 11.8 Å². The van der Waals surface area contributed by atoms with Gasteiger partial charge in [-0.1, -0.05) is 18.2 Å². The van der Waals surface area contributed by atoms with E-state index in [0.29, 0.717) is 16.9 Å². The second kappa shape index (κ2) is 4.52. The van der Waals surface area contributed by atoms with Crippen molar-refractivity contribution in [1.82, 2.24) is 4.57 Å². The van der Waals surface area contributed by atoms with Crippen LogP contribution in [0.25, 0.3) is 0 Å². The number of amides is 1. The summed E-state index contributed by atoms with van der Waals surface area (Å²) in [5.74, 6) is -1.73. The molecule has 1 aliphatic heterocycles. The molecule has 3 rings (SSSR count). The number of fused-ring (bicyclic) bond motifs is 1. The lowest BCUT2D eigenvalue weighted by Crippen LogP contribution is -2.32. The lowest BCUT2D eigenvalue weighted by atomic mass is 10.0. The number of carbonyl (C=O) groups is 2. The van der Waals surface area contributed by atoms with Gasteiger partial charge >= 0.3 is 5.97 Å². The molecule has 1 amide bonds. The zero-order valence-electron chi connectivity index (χ0n) is 11.0. The molecule has 2 heterocycles. The summed E-state index contributed by atoms with van der Waals surface area (Å²) in [7, 11) is 1.80. The van der Waals surface area contributed by atoms with Crippen molar-refractivity contribution >= 4 is 17.6 Å². The zero-order valence-corrected chi connectivity index (χ0v) is 11.0. The van der Waals surface area contributed by atoms with Crippen LogP contribution >= 0.6 is 0 Å². The molecule has 0 aliphatic carbocycles. The van der Waals surface area contributed by atoms with E-state index in [9.17, 15) is 14.7 Å². The predicted molar refractivity (Wildman–Crippen MR) is 73.9 cm³/mol. The van der Waals surface area contributed by atoms with Gasteiger partial charge in [-0.15, -0.1) is 0 Å². The molecular formula is C15H14N2O3. The van der Waals surface area contributed by atoms with Crippen molar-refractivity contribution in [2.24, 2.45) is 7.05 Å². The van der Waals surface area contributed by atoms with Crippen molar-refractivity contribution in [3.05, 3.63) is 53.9 Å². The molecule has 1 N–H and O–H groups in total. The van der Waals surface area contributed by atoms with Gasteiger partial charge in [0.25, 0.3) is 5.91 Å². The highest BCUT2D eigenvalue weighted by atomic mass is 16.4. The van der Waals surface area contributed by atoms with Crippen LogP contribution in [0.15, 0.2) is 42.6 Å². The van der Waals surface area contributed by atoms with Gasteiger partial charge in [0.1, 0.15) is 11.6 Å². The van der Waals surface area contributed by atoms with Gasteiger partial charge < -0.3 is 14.6 Å². The van der Waals surface area contributed by atoms with E-state index in [2.05, 4.69) is 0 Å². The Kier molecular flexibility index (Phi) is 2.82. The minimum atomic E-state index is -0.903. The second-order valence-electron chi connectivity index (χ2n) is 4.87. The van der Waals surface area contributed by atoms with Crippen LogP contribution < -0.4 is 4.90 Å². The molecule has 0 radical (unpaired) electrons. The summed E-state index contributed by atoms with van der Waals surface area (Å²) in [6, 6.07) is 10.7. The number of hydrogen-bond acceptors (Lipinski definition) is 2. The fourth-order valence-corrected chi connectivity index (χ4v) is 2.63. The highest BCUT2D eigenvalue weighted by molar-refractivity contribution is 6.07. The number of carboxylic acid groups (broad SMARTS) is 1. The van der Waals surface area contributed by atoms with Crippen LogP contribution in [0.1, 0.15) is 22.0 Å². The number of para-hydroxylation sites is 1. The minimum absolute atomic E-state index is 0.172. The Morgan fingerprint density at radius 3 is 2.60 bits per heavy atom. The van der Waals surface area contributed by atoms with Crippen molar-refractivity contribution < 1.29 is 14.7 Å². The highest BCUT2D eigenvalue weighted by Gasteiger charge is 2.37. The monoisotopic (exact) mass is 270 g/mol. The minimum Gasteiger partial charge on any atom is -0.481 e. The summed E-state index contributed by atoms with van der Waals surface area (Å²) < 4.78 is 1.74. The second-order valence-corrected chi connectivity index (χ2v) is 4.87. The summed E-state index contributed by atoms with van der Waals surface area (Å²) in [5, 5.41) is 9.30. The standard InChI is InChI=1S/C15H14N2O3/c1-16-8-4-7-13(16)14(18)17-9-11(15(19)20)10-5-2-3-6-12(10)17/h2-8,11H,9H2,1H3,(H,19,20). The summed E-state index contributed by atoms with van der Waals surface area (Å²) in [6.07, 6.45) is 1.80. The maximum atomic E-state index is 12.6. The van der Waals surface area contributed by atoms with Crippen molar-refractivity contribution in [1.29, 1.82) is 0 Å². The molecular weight excluding hydrogens is 256 g/mol. The Balaban J connectivity index is 2.03. The zero-order chi connectivity index (χ0) is 14.3. The maximum absolute atomic E-state index is 12.6. The van der Waals surface area contributed by atoms with E-state index >= 15 is 0 Å². The van der Waals surface area contributed by atoms with E-state index in [4.69, 9.17) is 0 Å². The average Bonchev–Trinajstić information content (AvgIpc) is 3.01. The molecule has 5 heteroatoms. The normalized spacial score (nSPS) is 17.1. The van der Waals surface area contributed by atoms with E-state index in [1.807, 2.05) is 6.07 Å². The first-order valence-corrected chi connectivity index (χ1v) is 6.34. The van der Waals surface area contributed by atoms with Crippen LogP contribution in [-0.4, -0.2) is 28.1 Å². The van der Waals surface area contributed by atoms with Crippen LogP contribution in [0.2, 0.25) is 0 Å². The Hall–Kier alpha value is -2.56. The first kappa shape index (κ1) is 12.5. The van der Waals surface area contributed by atoms with Crippen molar-refractivity contribution in [3.63, 3.8) is 0 Å². The molecule has 2 aromatic rings.